The highest BCUT2D eigenvalue weighted by Crippen LogP contribution is 2.27. The number of nitrogens with zero attached hydrogens (tertiary/aromatic N) is 4. The van der Waals surface area contributed by atoms with E-state index in [1.54, 1.807) is 41.1 Å². The van der Waals surface area contributed by atoms with Crippen LogP contribution >= 0.6 is 35.6 Å². The second-order valence-electron chi connectivity index (χ2n) is 9.16. The Morgan fingerprint density at radius 1 is 0.950 bits per heavy atom. The largest absolute Gasteiger partial charge is 0.349 e. The summed E-state index contributed by atoms with van der Waals surface area (Å²) >= 11 is 13.2. The van der Waals surface area contributed by atoms with Crippen LogP contribution in [0.2, 0.25) is 5.02 Å². The highest BCUT2D eigenvalue weighted by Gasteiger charge is 2.28. The molecule has 3 aromatic carbocycles. The molecule has 0 radical (unpaired) electrons. The summed E-state index contributed by atoms with van der Waals surface area (Å²) in [4.78, 5) is 15.2. The van der Waals surface area contributed by atoms with Gasteiger partial charge in [-0.25, -0.2) is 13.5 Å². The van der Waals surface area contributed by atoms with E-state index in [0.29, 0.717) is 43.9 Å². The van der Waals surface area contributed by atoms with Crippen LogP contribution in [0.25, 0.3) is 12.2 Å². The molecule has 1 saturated heterocycles. The van der Waals surface area contributed by atoms with Crippen molar-refractivity contribution in [2.75, 3.05) is 13.1 Å². The SMILES string of the molecule is O=C1/C(=C/c2ccccc2F)CN(C(=S)SCc2cn(Cc3cccc(Cl)c3)nn2)C/C1=C\c1ccccc1F. The Kier molecular flexibility index (Phi) is 8.84. The zero-order valence-corrected chi connectivity index (χ0v) is 23.5. The number of carbonyl (C=O) groups is 1. The van der Waals surface area contributed by atoms with Crippen LogP contribution in [0.15, 0.2) is 90.1 Å². The molecule has 0 amide bonds. The second-order valence-corrected chi connectivity index (χ2v) is 11.2. The molecule has 40 heavy (non-hydrogen) atoms. The van der Waals surface area contributed by atoms with Crippen molar-refractivity contribution in [2.45, 2.75) is 12.3 Å². The molecule has 0 aliphatic carbocycles. The lowest BCUT2D eigenvalue weighted by atomic mass is 9.94. The van der Waals surface area contributed by atoms with Gasteiger partial charge in [0.15, 0.2) is 5.78 Å². The van der Waals surface area contributed by atoms with Gasteiger partial charge in [0.1, 0.15) is 16.0 Å². The lowest BCUT2D eigenvalue weighted by Crippen LogP contribution is -2.39. The highest BCUT2D eigenvalue weighted by atomic mass is 35.5. The van der Waals surface area contributed by atoms with Crippen LogP contribution in [-0.4, -0.2) is 43.1 Å². The number of likely N-dealkylation sites (tertiary alicyclic amines) is 1. The average molecular weight is 593 g/mol. The third-order valence-electron chi connectivity index (χ3n) is 6.20. The monoisotopic (exact) mass is 592 g/mol. The predicted molar refractivity (Wildman–Crippen MR) is 160 cm³/mol. The minimum absolute atomic E-state index is 0.203. The smallest absolute Gasteiger partial charge is 0.188 e. The summed E-state index contributed by atoms with van der Waals surface area (Å²) in [6.45, 7) is 0.940. The molecule has 1 aromatic heterocycles. The van der Waals surface area contributed by atoms with Gasteiger partial charge in [0.05, 0.1) is 12.2 Å². The van der Waals surface area contributed by atoms with Gasteiger partial charge >= 0.3 is 0 Å². The molecule has 0 unspecified atom stereocenters. The van der Waals surface area contributed by atoms with Crippen LogP contribution in [0.5, 0.6) is 0 Å². The number of Topliss-reactive ketones (excluding diaryl/α,β-unsaturated/α-hetero) is 1. The molecule has 1 aliphatic heterocycles. The first-order chi connectivity index (χ1) is 19.4. The molecule has 202 valence electrons. The molecule has 0 N–H and O–H groups in total. The van der Waals surface area contributed by atoms with Crippen molar-refractivity contribution in [3.05, 3.63) is 129 Å². The fraction of sp³-hybridized carbons (Fsp3) is 0.133. The number of hydrogen-bond acceptors (Lipinski definition) is 5. The van der Waals surface area contributed by atoms with E-state index in [1.807, 2.05) is 35.4 Å². The van der Waals surface area contributed by atoms with Crippen molar-refractivity contribution in [1.82, 2.24) is 19.9 Å². The lowest BCUT2D eigenvalue weighted by molar-refractivity contribution is -0.113. The molecular formula is C30H23ClF2N4OS2. The van der Waals surface area contributed by atoms with Crippen molar-refractivity contribution < 1.29 is 13.6 Å². The number of rotatable bonds is 6. The van der Waals surface area contributed by atoms with Gasteiger partial charge in [-0.05, 0) is 42.0 Å². The van der Waals surface area contributed by atoms with Crippen LogP contribution < -0.4 is 0 Å². The van der Waals surface area contributed by atoms with E-state index in [1.165, 1.54) is 36.0 Å². The van der Waals surface area contributed by atoms with Crippen LogP contribution in [0.3, 0.4) is 0 Å². The first-order valence-electron chi connectivity index (χ1n) is 12.4. The first-order valence-corrected chi connectivity index (χ1v) is 14.1. The topological polar surface area (TPSA) is 51.0 Å². The summed E-state index contributed by atoms with van der Waals surface area (Å²) in [5, 5.41) is 9.10. The quantitative estimate of drug-likeness (QED) is 0.181. The lowest BCUT2D eigenvalue weighted by Gasteiger charge is -2.31. The van der Waals surface area contributed by atoms with Crippen LogP contribution in [0.4, 0.5) is 8.78 Å². The van der Waals surface area contributed by atoms with Crippen molar-refractivity contribution in [2.24, 2.45) is 0 Å². The maximum absolute atomic E-state index is 14.4. The van der Waals surface area contributed by atoms with Gasteiger partial charge in [-0.2, -0.15) is 0 Å². The zero-order valence-electron chi connectivity index (χ0n) is 21.1. The van der Waals surface area contributed by atoms with Crippen LogP contribution in [0, 0.1) is 11.6 Å². The van der Waals surface area contributed by atoms with Gasteiger partial charge in [0, 0.05) is 52.3 Å². The van der Waals surface area contributed by atoms with Gasteiger partial charge in [0.2, 0.25) is 0 Å². The first kappa shape index (κ1) is 27.9. The number of carbonyl (C=O) groups excluding carboxylic acids is 1. The van der Waals surface area contributed by atoms with Crippen molar-refractivity contribution in [3.63, 3.8) is 0 Å². The normalized spacial score (nSPS) is 15.7. The Labute approximate surface area is 245 Å². The fourth-order valence-corrected chi connectivity index (χ4v) is 5.49. The summed E-state index contributed by atoms with van der Waals surface area (Å²) in [7, 11) is 0. The molecule has 0 atom stereocenters. The van der Waals surface area contributed by atoms with E-state index in [0.717, 1.165) is 11.3 Å². The summed E-state index contributed by atoms with van der Waals surface area (Å²) < 4.78 is 31.1. The Morgan fingerprint density at radius 2 is 1.57 bits per heavy atom. The number of halogens is 3. The Bertz CT molecular complexity index is 1570. The molecule has 10 heteroatoms. The molecule has 0 bridgehead atoms. The predicted octanol–water partition coefficient (Wildman–Crippen LogP) is 6.83. The fourth-order valence-electron chi connectivity index (χ4n) is 4.26. The zero-order chi connectivity index (χ0) is 28.1. The Hall–Kier alpha value is -3.66. The highest BCUT2D eigenvalue weighted by molar-refractivity contribution is 8.22. The molecule has 4 aromatic rings. The average Bonchev–Trinajstić information content (AvgIpc) is 3.39. The van der Waals surface area contributed by atoms with Crippen molar-refractivity contribution >= 4 is 57.8 Å². The summed E-state index contributed by atoms with van der Waals surface area (Å²) in [6, 6.07) is 20.0. The Balaban J connectivity index is 1.33. The van der Waals surface area contributed by atoms with Gasteiger partial charge < -0.3 is 4.90 Å². The molecular weight excluding hydrogens is 570 g/mol. The number of aromatic nitrogens is 3. The second kappa shape index (κ2) is 12.7. The van der Waals surface area contributed by atoms with E-state index in [-0.39, 0.29) is 18.9 Å². The number of piperidine rings is 1. The molecule has 0 spiro atoms. The molecule has 1 aliphatic rings. The minimum Gasteiger partial charge on any atom is -0.349 e. The van der Waals surface area contributed by atoms with Crippen LogP contribution in [-0.2, 0) is 17.1 Å². The molecule has 0 saturated carbocycles. The van der Waals surface area contributed by atoms with Gasteiger partial charge in [-0.1, -0.05) is 89.3 Å². The summed E-state index contributed by atoms with van der Waals surface area (Å²) in [6.07, 6.45) is 4.92. The van der Waals surface area contributed by atoms with E-state index >= 15 is 0 Å². The summed E-state index contributed by atoms with van der Waals surface area (Å²) in [5.74, 6) is -0.661. The third kappa shape index (κ3) is 6.91. The summed E-state index contributed by atoms with van der Waals surface area (Å²) in [5.41, 5.74) is 3.09. The van der Waals surface area contributed by atoms with Gasteiger partial charge in [-0.15, -0.1) is 5.10 Å². The van der Waals surface area contributed by atoms with E-state index in [2.05, 4.69) is 10.3 Å². The molecule has 1 fully saturated rings. The number of hydrogen-bond donors (Lipinski definition) is 0. The van der Waals surface area contributed by atoms with Crippen molar-refractivity contribution in [3.8, 4) is 0 Å². The number of thiocarbonyl (C=S) groups is 1. The van der Waals surface area contributed by atoms with E-state index in [4.69, 9.17) is 23.8 Å². The minimum atomic E-state index is -0.433. The standard InChI is InChI=1S/C30H23ClF2N4OS2/c31-25-9-5-6-20(12-25)15-37-18-26(34-35-37)19-40-30(39)36-16-23(13-21-7-1-3-10-27(21)32)29(38)24(17-36)14-22-8-2-4-11-28(22)33/h1-14,18H,15-17,19H2/b23-13+,24-14+. The molecule has 5 rings (SSSR count). The maximum Gasteiger partial charge on any atom is 0.188 e. The number of benzene rings is 3. The number of thioether (sulfide) groups is 1. The Morgan fingerprint density at radius 3 is 2.17 bits per heavy atom. The van der Waals surface area contributed by atoms with Gasteiger partial charge in [-0.3, -0.25) is 4.79 Å². The third-order valence-corrected chi connectivity index (χ3v) is 7.99. The van der Waals surface area contributed by atoms with E-state index < -0.39 is 11.6 Å². The van der Waals surface area contributed by atoms with Crippen molar-refractivity contribution in [1.29, 1.82) is 0 Å². The molecule has 5 nitrogen and oxygen atoms in total. The van der Waals surface area contributed by atoms with Crippen LogP contribution in [0.1, 0.15) is 22.4 Å². The van der Waals surface area contributed by atoms with Gasteiger partial charge in [0.25, 0.3) is 0 Å². The maximum atomic E-state index is 14.4. The number of ketones is 1. The molecule has 2 heterocycles. The van der Waals surface area contributed by atoms with E-state index in [9.17, 15) is 13.6 Å².